The summed E-state index contributed by atoms with van der Waals surface area (Å²) in [6.45, 7) is 4.22. The van der Waals surface area contributed by atoms with Crippen LogP contribution in [0.1, 0.15) is 21.5 Å². The van der Waals surface area contributed by atoms with Gasteiger partial charge in [0, 0.05) is 30.7 Å². The third-order valence-corrected chi connectivity index (χ3v) is 8.64. The molecule has 2 atom stereocenters. The Hall–Kier alpha value is -2.97. The molecule has 1 saturated heterocycles. The molecule has 2 N–H and O–H groups in total. The highest BCUT2D eigenvalue weighted by Crippen LogP contribution is 2.47. The number of hydrogen-bond donors (Lipinski definition) is 2. The second-order valence-corrected chi connectivity index (χ2v) is 10.7. The third kappa shape index (κ3) is 3.73. The van der Waals surface area contributed by atoms with Crippen molar-refractivity contribution in [2.45, 2.75) is 29.8 Å². The number of rotatable bonds is 6. The Labute approximate surface area is 187 Å². The van der Waals surface area contributed by atoms with Crippen molar-refractivity contribution >= 4 is 21.8 Å². The number of hydrogen-bond acceptors (Lipinski definition) is 4. The number of piperidine rings is 1. The number of nitrogens with one attached hydrogen (secondary N) is 2. The lowest BCUT2D eigenvalue weighted by atomic mass is 10.1. The summed E-state index contributed by atoms with van der Waals surface area (Å²) in [7, 11) is -3.63. The molecule has 2 aromatic rings. The van der Waals surface area contributed by atoms with Crippen LogP contribution >= 0.6 is 0 Å². The van der Waals surface area contributed by atoms with E-state index in [-0.39, 0.29) is 40.6 Å². The van der Waals surface area contributed by atoms with Crippen molar-refractivity contribution in [3.63, 3.8) is 0 Å². The molecule has 1 saturated carbocycles. The van der Waals surface area contributed by atoms with Crippen LogP contribution in [-0.2, 0) is 27.7 Å². The van der Waals surface area contributed by atoms with Crippen molar-refractivity contribution in [3.05, 3.63) is 77.9 Å². The zero-order chi connectivity index (χ0) is 22.5. The Morgan fingerprint density at radius 2 is 1.53 bits per heavy atom. The monoisotopic (exact) mass is 451 g/mol. The first-order chi connectivity index (χ1) is 15.4. The van der Waals surface area contributed by atoms with Gasteiger partial charge in [-0.15, -0.1) is 0 Å². The van der Waals surface area contributed by atoms with Gasteiger partial charge >= 0.3 is 0 Å². The van der Waals surface area contributed by atoms with E-state index in [1.165, 1.54) is 33.6 Å². The molecule has 166 valence electrons. The highest BCUT2D eigenvalue weighted by atomic mass is 32.2. The van der Waals surface area contributed by atoms with E-state index in [1.54, 1.807) is 12.1 Å². The van der Waals surface area contributed by atoms with Crippen molar-refractivity contribution in [2.24, 2.45) is 11.8 Å². The Morgan fingerprint density at radius 3 is 2.09 bits per heavy atom. The summed E-state index contributed by atoms with van der Waals surface area (Å²) in [4.78, 5) is 24.3. The molecule has 2 aliphatic carbocycles. The van der Waals surface area contributed by atoms with Gasteiger partial charge in [0.25, 0.3) is 5.91 Å². The average molecular weight is 452 g/mol. The van der Waals surface area contributed by atoms with Gasteiger partial charge < -0.3 is 10.6 Å². The van der Waals surface area contributed by atoms with E-state index in [1.807, 2.05) is 12.1 Å². The summed E-state index contributed by atoms with van der Waals surface area (Å²) in [5, 5.41) is 5.90. The molecule has 32 heavy (non-hydrogen) atoms. The summed E-state index contributed by atoms with van der Waals surface area (Å²) >= 11 is 0. The van der Waals surface area contributed by atoms with Crippen LogP contribution in [0.25, 0.3) is 0 Å². The van der Waals surface area contributed by atoms with E-state index >= 15 is 0 Å². The van der Waals surface area contributed by atoms with Gasteiger partial charge in [0.1, 0.15) is 0 Å². The summed E-state index contributed by atoms with van der Waals surface area (Å²) < 4.78 is 27.4. The van der Waals surface area contributed by atoms with Crippen molar-refractivity contribution in [2.75, 3.05) is 13.1 Å². The zero-order valence-corrected chi connectivity index (χ0v) is 18.3. The number of amides is 2. The van der Waals surface area contributed by atoms with Crippen LogP contribution in [0.5, 0.6) is 0 Å². The standard InChI is InChI=1S/C24H25N3O4S/c1-2-22(28)26-23-20-13-27(14-21(20)23)32(30,31)19-9-7-15(8-10-19)24(29)25-18-11-16-5-3-4-6-17(16)12-18/h2-10,18,20-21,23H,1,11-14H2,(H,25,29)(H,26,28). The highest BCUT2D eigenvalue weighted by Gasteiger charge is 2.58. The van der Waals surface area contributed by atoms with Gasteiger partial charge in [0.2, 0.25) is 15.9 Å². The van der Waals surface area contributed by atoms with Gasteiger partial charge in [-0.1, -0.05) is 30.8 Å². The van der Waals surface area contributed by atoms with Crippen LogP contribution in [0.4, 0.5) is 0 Å². The molecule has 2 fully saturated rings. The molecule has 7 nitrogen and oxygen atoms in total. The largest absolute Gasteiger partial charge is 0.349 e. The van der Waals surface area contributed by atoms with Crippen LogP contribution in [0.15, 0.2) is 66.1 Å². The second-order valence-electron chi connectivity index (χ2n) is 8.76. The van der Waals surface area contributed by atoms with Crippen molar-refractivity contribution in [1.29, 1.82) is 0 Å². The van der Waals surface area contributed by atoms with Gasteiger partial charge in [-0.3, -0.25) is 9.59 Å². The first-order valence-electron chi connectivity index (χ1n) is 10.8. The van der Waals surface area contributed by atoms with Gasteiger partial charge in [0.15, 0.2) is 0 Å². The molecule has 0 radical (unpaired) electrons. The average Bonchev–Trinajstić information content (AvgIpc) is 3.13. The molecule has 3 aliphatic rings. The summed E-state index contributed by atoms with van der Waals surface area (Å²) in [6, 6.07) is 14.4. The van der Waals surface area contributed by atoms with Gasteiger partial charge in [-0.2, -0.15) is 4.31 Å². The van der Waals surface area contributed by atoms with Crippen LogP contribution in [-0.4, -0.2) is 49.7 Å². The molecule has 0 bridgehead atoms. The minimum Gasteiger partial charge on any atom is -0.349 e. The normalized spacial score (nSPS) is 24.4. The topological polar surface area (TPSA) is 95.6 Å². The van der Waals surface area contributed by atoms with E-state index in [9.17, 15) is 18.0 Å². The molecule has 2 unspecified atom stereocenters. The molecular formula is C24H25N3O4S. The van der Waals surface area contributed by atoms with Gasteiger partial charge in [-0.25, -0.2) is 8.42 Å². The summed E-state index contributed by atoms with van der Waals surface area (Å²) in [5.74, 6) is -0.132. The number of nitrogens with zero attached hydrogens (tertiary/aromatic N) is 1. The first kappa shape index (κ1) is 20.9. The smallest absolute Gasteiger partial charge is 0.251 e. The molecule has 0 spiro atoms. The lowest BCUT2D eigenvalue weighted by Gasteiger charge is -2.20. The molecule has 8 heteroatoms. The molecule has 5 rings (SSSR count). The Morgan fingerprint density at radius 1 is 0.938 bits per heavy atom. The fraction of sp³-hybridized carbons (Fsp3) is 0.333. The quantitative estimate of drug-likeness (QED) is 0.651. The predicted molar refractivity (Wildman–Crippen MR) is 119 cm³/mol. The summed E-state index contributed by atoms with van der Waals surface area (Å²) in [6.07, 6.45) is 2.84. The van der Waals surface area contributed by atoms with Crippen LogP contribution in [0.3, 0.4) is 0 Å². The van der Waals surface area contributed by atoms with Crippen LogP contribution in [0, 0.1) is 11.8 Å². The van der Waals surface area contributed by atoms with Crippen LogP contribution in [0.2, 0.25) is 0 Å². The minimum absolute atomic E-state index is 0.0275. The first-order valence-corrected chi connectivity index (χ1v) is 12.2. The van der Waals surface area contributed by atoms with Gasteiger partial charge in [0.05, 0.1) is 4.90 Å². The third-order valence-electron chi connectivity index (χ3n) is 6.80. The number of sulfonamides is 1. The number of benzene rings is 2. The molecule has 1 aliphatic heterocycles. The number of carbonyl (C=O) groups is 2. The van der Waals surface area contributed by atoms with E-state index in [2.05, 4.69) is 29.3 Å². The number of carbonyl (C=O) groups excluding carboxylic acids is 2. The fourth-order valence-electron chi connectivity index (χ4n) is 4.98. The molecule has 2 aromatic carbocycles. The Kier molecular flexibility index (Phi) is 5.14. The Balaban J connectivity index is 1.19. The summed E-state index contributed by atoms with van der Waals surface area (Å²) in [5.41, 5.74) is 2.96. The second kappa shape index (κ2) is 7.86. The van der Waals surface area contributed by atoms with Crippen molar-refractivity contribution < 1.29 is 18.0 Å². The molecular weight excluding hydrogens is 426 g/mol. The maximum Gasteiger partial charge on any atom is 0.251 e. The molecule has 0 aromatic heterocycles. The Bertz CT molecular complexity index is 1150. The fourth-order valence-corrected chi connectivity index (χ4v) is 6.49. The maximum absolute atomic E-state index is 13.0. The minimum atomic E-state index is -3.63. The lowest BCUT2D eigenvalue weighted by Crippen LogP contribution is -2.37. The van der Waals surface area contributed by atoms with Gasteiger partial charge in [-0.05, 0) is 66.1 Å². The highest BCUT2D eigenvalue weighted by molar-refractivity contribution is 7.89. The van der Waals surface area contributed by atoms with Crippen molar-refractivity contribution in [3.8, 4) is 0 Å². The molecule has 2 amide bonds. The molecule has 1 heterocycles. The van der Waals surface area contributed by atoms with E-state index in [4.69, 9.17) is 0 Å². The zero-order valence-electron chi connectivity index (χ0n) is 17.5. The van der Waals surface area contributed by atoms with Crippen molar-refractivity contribution in [1.82, 2.24) is 14.9 Å². The lowest BCUT2D eigenvalue weighted by molar-refractivity contribution is -0.116. The van der Waals surface area contributed by atoms with E-state index in [0.29, 0.717) is 18.7 Å². The number of fused-ring (bicyclic) bond motifs is 2. The maximum atomic E-state index is 13.0. The predicted octanol–water partition coefficient (Wildman–Crippen LogP) is 1.50. The SMILES string of the molecule is C=CC(=O)NC1C2CN(S(=O)(=O)c3ccc(C(=O)NC4Cc5ccccc5C4)cc3)CC21. The van der Waals surface area contributed by atoms with E-state index in [0.717, 1.165) is 12.8 Å². The van der Waals surface area contributed by atoms with E-state index < -0.39 is 10.0 Å². The van der Waals surface area contributed by atoms with Crippen LogP contribution < -0.4 is 10.6 Å².